The Bertz CT molecular complexity index is 920. The lowest BCUT2D eigenvalue weighted by molar-refractivity contribution is 0.910. The molecule has 0 aliphatic heterocycles. The third-order valence-electron chi connectivity index (χ3n) is 3.45. The molecule has 5 heteroatoms. The van der Waals surface area contributed by atoms with Gasteiger partial charge in [-0.15, -0.1) is 0 Å². The van der Waals surface area contributed by atoms with Crippen LogP contribution in [0.2, 0.25) is 0 Å². The number of hydrogen-bond acceptors (Lipinski definition) is 3. The van der Waals surface area contributed by atoms with Crippen LogP contribution in [0.1, 0.15) is 5.56 Å². The highest BCUT2D eigenvalue weighted by Crippen LogP contribution is 2.20. The predicted octanol–water partition coefficient (Wildman–Crippen LogP) is 3.24. The van der Waals surface area contributed by atoms with Crippen LogP contribution < -0.4 is 0 Å². The summed E-state index contributed by atoms with van der Waals surface area (Å²) in [6.45, 7) is 0. The molecule has 0 N–H and O–H groups in total. The van der Waals surface area contributed by atoms with E-state index >= 15 is 0 Å². The minimum atomic E-state index is 1.05. The van der Waals surface area contributed by atoms with Gasteiger partial charge in [-0.2, -0.15) is 10.2 Å². The van der Waals surface area contributed by atoms with Gasteiger partial charge in [0.05, 0.1) is 17.4 Å². The van der Waals surface area contributed by atoms with Crippen LogP contribution >= 0.6 is 0 Å². The van der Waals surface area contributed by atoms with Crippen LogP contribution in [0.25, 0.3) is 28.9 Å². The van der Waals surface area contributed by atoms with Crippen molar-refractivity contribution in [1.29, 1.82) is 0 Å². The zero-order valence-electron chi connectivity index (χ0n) is 11.7. The second-order valence-electron chi connectivity index (χ2n) is 4.90. The molecular weight excluding hydrogens is 274 g/mol. The Balaban J connectivity index is 1.77. The monoisotopic (exact) mass is 287 g/mol. The molecule has 0 radical (unpaired) electrons. The lowest BCUT2D eigenvalue weighted by Crippen LogP contribution is -1.95. The molecule has 0 fully saturated rings. The van der Waals surface area contributed by atoms with Crippen LogP contribution in [0.3, 0.4) is 0 Å². The minimum Gasteiger partial charge on any atom is -0.233 e. The highest BCUT2D eigenvalue weighted by molar-refractivity contribution is 5.83. The quantitative estimate of drug-likeness (QED) is 0.581. The average molecular weight is 287 g/mol. The molecule has 0 aliphatic carbocycles. The number of hydrogen-bond donors (Lipinski definition) is 0. The maximum Gasteiger partial charge on any atom is 0.138 e. The molecule has 0 atom stereocenters. The Morgan fingerprint density at radius 2 is 1.86 bits per heavy atom. The molecule has 0 bridgehead atoms. The summed E-state index contributed by atoms with van der Waals surface area (Å²) in [7, 11) is 0. The smallest absolute Gasteiger partial charge is 0.138 e. The number of benzene rings is 2. The number of nitrogens with zero attached hydrogens (tertiary/aromatic N) is 5. The Kier molecular flexibility index (Phi) is 3.01. The molecule has 0 aliphatic rings. The molecule has 4 aromatic rings. The molecule has 0 saturated carbocycles. The molecule has 5 nitrogen and oxygen atoms in total. The summed E-state index contributed by atoms with van der Waals surface area (Å²) in [4.78, 5) is 3.92. The SMILES string of the molecule is C(=Cn1cncn1)c1ccc2cnn(-c3ccccc3)c2c1. The Morgan fingerprint density at radius 3 is 2.68 bits per heavy atom. The van der Waals surface area contributed by atoms with Gasteiger partial charge in [-0.1, -0.05) is 30.3 Å². The van der Waals surface area contributed by atoms with Crippen LogP contribution in [0.15, 0.2) is 67.4 Å². The number of rotatable bonds is 3. The van der Waals surface area contributed by atoms with Gasteiger partial charge < -0.3 is 0 Å². The maximum absolute atomic E-state index is 4.48. The van der Waals surface area contributed by atoms with Crippen molar-refractivity contribution in [2.45, 2.75) is 0 Å². The molecule has 106 valence electrons. The van der Waals surface area contributed by atoms with E-state index in [0.29, 0.717) is 0 Å². The van der Waals surface area contributed by atoms with E-state index < -0.39 is 0 Å². The Morgan fingerprint density at radius 1 is 0.955 bits per heavy atom. The van der Waals surface area contributed by atoms with Crippen LogP contribution in [0.4, 0.5) is 0 Å². The fraction of sp³-hybridized carbons (Fsp3) is 0. The predicted molar refractivity (Wildman–Crippen MR) is 86.3 cm³/mol. The van der Waals surface area contributed by atoms with E-state index in [2.05, 4.69) is 33.4 Å². The third kappa shape index (κ3) is 2.29. The van der Waals surface area contributed by atoms with Gasteiger partial charge in [0.1, 0.15) is 12.7 Å². The standard InChI is InChI=1S/C17H13N5/c1-2-4-16(5-3-1)22-17-10-14(6-7-15(17)11-19-22)8-9-21-13-18-12-20-21/h1-13H. The first kappa shape index (κ1) is 12.5. The normalized spacial score (nSPS) is 11.5. The summed E-state index contributed by atoms with van der Waals surface area (Å²) in [6.07, 6.45) is 8.92. The summed E-state index contributed by atoms with van der Waals surface area (Å²) in [6, 6.07) is 16.4. The van der Waals surface area contributed by atoms with E-state index in [1.807, 2.05) is 53.5 Å². The van der Waals surface area contributed by atoms with E-state index in [4.69, 9.17) is 0 Å². The first-order valence-corrected chi connectivity index (χ1v) is 6.96. The number of aromatic nitrogens is 5. The van der Waals surface area contributed by atoms with Crippen molar-refractivity contribution >= 4 is 23.2 Å². The van der Waals surface area contributed by atoms with Crippen LogP contribution in [-0.4, -0.2) is 24.5 Å². The Hall–Kier alpha value is -3.21. The third-order valence-corrected chi connectivity index (χ3v) is 3.45. The van der Waals surface area contributed by atoms with Crippen molar-refractivity contribution in [2.24, 2.45) is 0 Å². The summed E-state index contributed by atoms with van der Waals surface area (Å²) in [5, 5.41) is 9.64. The largest absolute Gasteiger partial charge is 0.233 e. The fourth-order valence-corrected chi connectivity index (χ4v) is 2.37. The van der Waals surface area contributed by atoms with E-state index in [1.54, 1.807) is 11.0 Å². The molecule has 2 heterocycles. The van der Waals surface area contributed by atoms with Crippen LogP contribution in [-0.2, 0) is 0 Å². The first-order valence-electron chi connectivity index (χ1n) is 6.96. The van der Waals surface area contributed by atoms with Crippen molar-refractivity contribution in [3.05, 3.63) is 72.9 Å². The average Bonchev–Trinajstić information content (AvgIpc) is 3.23. The van der Waals surface area contributed by atoms with Crippen LogP contribution in [0.5, 0.6) is 0 Å². The van der Waals surface area contributed by atoms with Gasteiger partial charge in [-0.05, 0) is 29.8 Å². The van der Waals surface area contributed by atoms with Crippen molar-refractivity contribution in [2.75, 3.05) is 0 Å². The summed E-state index contributed by atoms with van der Waals surface area (Å²) in [5.74, 6) is 0. The molecule has 22 heavy (non-hydrogen) atoms. The zero-order chi connectivity index (χ0) is 14.8. The zero-order valence-corrected chi connectivity index (χ0v) is 11.7. The fourth-order valence-electron chi connectivity index (χ4n) is 2.37. The van der Waals surface area contributed by atoms with Crippen LogP contribution in [0, 0.1) is 0 Å². The van der Waals surface area contributed by atoms with E-state index in [0.717, 1.165) is 22.2 Å². The Labute approximate surface area is 127 Å². The highest BCUT2D eigenvalue weighted by atomic mass is 15.3. The van der Waals surface area contributed by atoms with Gasteiger partial charge in [-0.3, -0.25) is 0 Å². The number of fused-ring (bicyclic) bond motifs is 1. The summed E-state index contributed by atoms with van der Waals surface area (Å²) < 4.78 is 3.61. The maximum atomic E-state index is 4.48. The molecule has 0 spiro atoms. The lowest BCUT2D eigenvalue weighted by atomic mass is 10.1. The van der Waals surface area contributed by atoms with Gasteiger partial charge in [0.15, 0.2) is 0 Å². The molecular formula is C17H13N5. The topological polar surface area (TPSA) is 48.5 Å². The van der Waals surface area contributed by atoms with Gasteiger partial charge >= 0.3 is 0 Å². The summed E-state index contributed by atoms with van der Waals surface area (Å²) >= 11 is 0. The van der Waals surface area contributed by atoms with Gasteiger partial charge in [0, 0.05) is 11.6 Å². The van der Waals surface area contributed by atoms with Gasteiger partial charge in [-0.25, -0.2) is 14.3 Å². The van der Waals surface area contributed by atoms with Crippen molar-refractivity contribution in [3.63, 3.8) is 0 Å². The van der Waals surface area contributed by atoms with Gasteiger partial charge in [0.25, 0.3) is 0 Å². The second-order valence-corrected chi connectivity index (χ2v) is 4.90. The molecule has 0 unspecified atom stereocenters. The summed E-state index contributed by atoms with van der Waals surface area (Å²) in [5.41, 5.74) is 3.21. The van der Waals surface area contributed by atoms with Crippen molar-refractivity contribution in [3.8, 4) is 5.69 Å². The van der Waals surface area contributed by atoms with Crippen molar-refractivity contribution in [1.82, 2.24) is 24.5 Å². The first-order chi connectivity index (χ1) is 10.9. The van der Waals surface area contributed by atoms with Gasteiger partial charge in [0.2, 0.25) is 0 Å². The highest BCUT2D eigenvalue weighted by Gasteiger charge is 2.04. The molecule has 0 amide bonds. The van der Waals surface area contributed by atoms with E-state index in [-0.39, 0.29) is 0 Å². The van der Waals surface area contributed by atoms with E-state index in [9.17, 15) is 0 Å². The molecule has 4 rings (SSSR count). The molecule has 2 aromatic carbocycles. The number of para-hydroxylation sites is 1. The van der Waals surface area contributed by atoms with Crippen molar-refractivity contribution < 1.29 is 0 Å². The molecule has 0 saturated heterocycles. The molecule has 2 aromatic heterocycles. The second kappa shape index (κ2) is 5.29. The van der Waals surface area contributed by atoms with E-state index in [1.165, 1.54) is 6.33 Å². The minimum absolute atomic E-state index is 1.05. The lowest BCUT2D eigenvalue weighted by Gasteiger charge is -2.03.